The maximum absolute atomic E-state index is 5.26. The number of rotatable bonds is 1. The van der Waals surface area contributed by atoms with E-state index in [1.54, 1.807) is 0 Å². The van der Waals surface area contributed by atoms with Gasteiger partial charge in [-0.1, -0.05) is 15.9 Å². The number of hydrogen-bond acceptors (Lipinski definition) is 1. The van der Waals surface area contributed by atoms with Crippen molar-refractivity contribution in [3.05, 3.63) is 0 Å². The summed E-state index contributed by atoms with van der Waals surface area (Å²) in [5.41, 5.74) is 0. The van der Waals surface area contributed by atoms with Crippen LogP contribution in [0.2, 0.25) is 0 Å². The maximum atomic E-state index is 5.26. The largest absolute Gasteiger partial charge is 0.377 e. The minimum atomic E-state index is 0.514. The predicted molar refractivity (Wildman–Crippen MR) is 32.8 cm³/mol. The van der Waals surface area contributed by atoms with E-state index in [1.807, 2.05) is 0 Å². The predicted octanol–water partition coefficient (Wildman–Crippen LogP) is 1.56. The molecule has 1 fully saturated rings. The lowest BCUT2D eigenvalue weighted by atomic mass is 10.3. The fourth-order valence-corrected chi connectivity index (χ4v) is 1.28. The lowest BCUT2D eigenvalue weighted by Crippen LogP contribution is -2.04. The molecule has 0 unspecified atom stereocenters. The van der Waals surface area contributed by atoms with Crippen molar-refractivity contribution in [1.29, 1.82) is 0 Å². The average Bonchev–Trinajstić information content (AvgIpc) is 2.14. The van der Waals surface area contributed by atoms with Crippen LogP contribution in [0.15, 0.2) is 0 Å². The van der Waals surface area contributed by atoms with Crippen molar-refractivity contribution < 1.29 is 4.74 Å². The van der Waals surface area contributed by atoms with Crippen molar-refractivity contribution in [2.45, 2.75) is 18.9 Å². The van der Waals surface area contributed by atoms with Crippen LogP contribution in [0, 0.1) is 0 Å². The summed E-state index contributed by atoms with van der Waals surface area (Å²) >= 11 is 3.35. The summed E-state index contributed by atoms with van der Waals surface area (Å²) < 4.78 is 5.26. The van der Waals surface area contributed by atoms with Gasteiger partial charge in [-0.2, -0.15) is 0 Å². The number of halogens is 1. The topological polar surface area (TPSA) is 9.23 Å². The average molecular weight is 165 g/mol. The van der Waals surface area contributed by atoms with E-state index in [-0.39, 0.29) is 0 Å². The maximum Gasteiger partial charge on any atom is 0.0672 e. The third-order valence-electron chi connectivity index (χ3n) is 1.20. The van der Waals surface area contributed by atoms with Crippen LogP contribution in [-0.4, -0.2) is 18.0 Å². The van der Waals surface area contributed by atoms with Gasteiger partial charge in [-0.15, -0.1) is 0 Å². The van der Waals surface area contributed by atoms with E-state index >= 15 is 0 Å². The molecule has 0 N–H and O–H groups in total. The Balaban J connectivity index is 2.14. The van der Waals surface area contributed by atoms with Gasteiger partial charge in [0.25, 0.3) is 0 Å². The van der Waals surface area contributed by atoms with Crippen LogP contribution in [0.4, 0.5) is 0 Å². The number of alkyl halides is 1. The Labute approximate surface area is 52.2 Å². The summed E-state index contributed by atoms with van der Waals surface area (Å²) in [6.45, 7) is 0.969. The molecule has 0 aromatic rings. The van der Waals surface area contributed by atoms with Crippen LogP contribution < -0.4 is 0 Å². The van der Waals surface area contributed by atoms with Crippen molar-refractivity contribution >= 4 is 15.9 Å². The van der Waals surface area contributed by atoms with Gasteiger partial charge in [0.2, 0.25) is 0 Å². The summed E-state index contributed by atoms with van der Waals surface area (Å²) in [7, 11) is 0. The zero-order valence-corrected chi connectivity index (χ0v) is 5.78. The monoisotopic (exact) mass is 164 g/mol. The molecule has 1 heterocycles. The highest BCUT2D eigenvalue weighted by Crippen LogP contribution is 2.12. The van der Waals surface area contributed by atoms with Gasteiger partial charge in [0, 0.05) is 11.9 Å². The minimum Gasteiger partial charge on any atom is -0.377 e. The van der Waals surface area contributed by atoms with Gasteiger partial charge < -0.3 is 4.74 Å². The summed E-state index contributed by atoms with van der Waals surface area (Å²) in [5, 5.41) is 1.01. The minimum absolute atomic E-state index is 0.514. The molecule has 0 saturated carbocycles. The van der Waals surface area contributed by atoms with Crippen molar-refractivity contribution in [2.24, 2.45) is 0 Å². The van der Waals surface area contributed by atoms with Gasteiger partial charge in [-0.05, 0) is 12.8 Å². The normalized spacial score (nSPS) is 31.3. The first-order valence-electron chi connectivity index (χ1n) is 2.61. The fourth-order valence-electron chi connectivity index (χ4n) is 0.766. The third kappa shape index (κ3) is 1.42. The molecule has 1 aliphatic rings. The van der Waals surface area contributed by atoms with Crippen LogP contribution in [-0.2, 0) is 4.74 Å². The quantitative estimate of drug-likeness (QED) is 0.535. The molecule has 1 nitrogen and oxygen atoms in total. The summed E-state index contributed by atoms with van der Waals surface area (Å²) in [5.74, 6) is 0. The molecular formula is C5H9BrO. The molecule has 42 valence electrons. The lowest BCUT2D eigenvalue weighted by Gasteiger charge is -2.00. The van der Waals surface area contributed by atoms with E-state index in [4.69, 9.17) is 4.74 Å². The molecule has 1 aliphatic heterocycles. The molecule has 2 heteroatoms. The molecule has 1 saturated heterocycles. The van der Waals surface area contributed by atoms with Crippen LogP contribution in [0.3, 0.4) is 0 Å². The molecule has 0 aromatic heterocycles. The molecule has 0 aromatic carbocycles. The number of hydrogen-bond donors (Lipinski definition) is 0. The fraction of sp³-hybridized carbons (Fsp3) is 1.00. The Morgan fingerprint density at radius 2 is 2.57 bits per heavy atom. The highest BCUT2D eigenvalue weighted by atomic mass is 79.9. The van der Waals surface area contributed by atoms with Gasteiger partial charge in [0.05, 0.1) is 6.10 Å². The molecule has 0 aliphatic carbocycles. The summed E-state index contributed by atoms with van der Waals surface area (Å²) in [6.07, 6.45) is 3.00. The summed E-state index contributed by atoms with van der Waals surface area (Å²) in [6, 6.07) is 0. The molecule has 1 rings (SSSR count). The standard InChI is InChI=1S/C5H9BrO/c6-4-5-2-1-3-7-5/h5H,1-4H2/t5-/m1/s1. The van der Waals surface area contributed by atoms with Gasteiger partial charge >= 0.3 is 0 Å². The van der Waals surface area contributed by atoms with Gasteiger partial charge in [0.15, 0.2) is 0 Å². The molecule has 1 atom stereocenters. The third-order valence-corrected chi connectivity index (χ3v) is 1.92. The Kier molecular flexibility index (Phi) is 2.13. The second kappa shape index (κ2) is 2.68. The molecule has 0 amide bonds. The SMILES string of the molecule is BrC[C@H]1CCCO1. The first-order valence-corrected chi connectivity index (χ1v) is 3.73. The first kappa shape index (κ1) is 5.57. The van der Waals surface area contributed by atoms with E-state index in [1.165, 1.54) is 12.8 Å². The summed E-state index contributed by atoms with van der Waals surface area (Å²) in [4.78, 5) is 0. The van der Waals surface area contributed by atoms with Crippen molar-refractivity contribution in [1.82, 2.24) is 0 Å². The zero-order chi connectivity index (χ0) is 5.11. The van der Waals surface area contributed by atoms with E-state index in [0.29, 0.717) is 6.10 Å². The zero-order valence-electron chi connectivity index (χ0n) is 4.19. The van der Waals surface area contributed by atoms with Crippen molar-refractivity contribution in [3.8, 4) is 0 Å². The Morgan fingerprint density at radius 1 is 1.71 bits per heavy atom. The molecule has 0 bridgehead atoms. The van der Waals surface area contributed by atoms with Crippen molar-refractivity contribution in [3.63, 3.8) is 0 Å². The van der Waals surface area contributed by atoms with Crippen LogP contribution in [0.25, 0.3) is 0 Å². The molecular weight excluding hydrogens is 156 g/mol. The van der Waals surface area contributed by atoms with Gasteiger partial charge in [0.1, 0.15) is 0 Å². The van der Waals surface area contributed by atoms with E-state index in [0.717, 1.165) is 11.9 Å². The first-order chi connectivity index (χ1) is 3.43. The second-order valence-electron chi connectivity index (χ2n) is 1.79. The van der Waals surface area contributed by atoms with Crippen molar-refractivity contribution in [2.75, 3.05) is 11.9 Å². The van der Waals surface area contributed by atoms with Crippen LogP contribution in [0.1, 0.15) is 12.8 Å². The van der Waals surface area contributed by atoms with E-state index in [9.17, 15) is 0 Å². The number of ether oxygens (including phenoxy) is 1. The van der Waals surface area contributed by atoms with E-state index < -0.39 is 0 Å². The van der Waals surface area contributed by atoms with E-state index in [2.05, 4.69) is 15.9 Å². The van der Waals surface area contributed by atoms with Crippen LogP contribution in [0.5, 0.6) is 0 Å². The molecule has 0 spiro atoms. The van der Waals surface area contributed by atoms with Gasteiger partial charge in [-0.25, -0.2) is 0 Å². The van der Waals surface area contributed by atoms with Crippen LogP contribution >= 0.6 is 15.9 Å². The highest BCUT2D eigenvalue weighted by molar-refractivity contribution is 9.09. The molecule has 0 radical (unpaired) electrons. The highest BCUT2D eigenvalue weighted by Gasteiger charge is 2.12. The lowest BCUT2D eigenvalue weighted by molar-refractivity contribution is 0.129. The smallest absolute Gasteiger partial charge is 0.0672 e. The Morgan fingerprint density at radius 3 is 2.86 bits per heavy atom. The molecule has 7 heavy (non-hydrogen) atoms. The second-order valence-corrected chi connectivity index (χ2v) is 2.44. The Bertz CT molecular complexity index is 50.0. The Hall–Kier alpha value is 0.440. The van der Waals surface area contributed by atoms with Gasteiger partial charge in [-0.3, -0.25) is 0 Å².